The maximum Gasteiger partial charge on any atom is 0.241 e. The molecule has 2 heterocycles. The minimum absolute atomic E-state index is 0.126. The Morgan fingerprint density at radius 3 is 2.35 bits per heavy atom. The summed E-state index contributed by atoms with van der Waals surface area (Å²) in [5.74, 6) is 0. The summed E-state index contributed by atoms with van der Waals surface area (Å²) in [6.45, 7) is 5.40. The van der Waals surface area contributed by atoms with Gasteiger partial charge in [0.15, 0.2) is 0 Å². The molecule has 3 rings (SSSR count). The maximum absolute atomic E-state index is 13.0. The van der Waals surface area contributed by atoms with Crippen LogP contribution in [0.2, 0.25) is 0 Å². The van der Waals surface area contributed by atoms with Gasteiger partial charge in [0.05, 0.1) is 4.90 Å². The van der Waals surface area contributed by atoms with Crippen LogP contribution in [0.1, 0.15) is 27.1 Å². The van der Waals surface area contributed by atoms with Gasteiger partial charge in [0.1, 0.15) is 5.60 Å². The molecule has 1 aromatic carbocycles. The monoisotopic (exact) mass is 407 g/mol. The van der Waals surface area contributed by atoms with Crippen molar-refractivity contribution >= 4 is 32.7 Å². The summed E-state index contributed by atoms with van der Waals surface area (Å²) >= 11 is 2.87. The molecule has 4 nitrogen and oxygen atoms in total. The molecule has 2 aromatic heterocycles. The maximum atomic E-state index is 13.0. The fraction of sp³-hybridized carbons (Fsp3) is 0.263. The van der Waals surface area contributed by atoms with E-state index < -0.39 is 15.6 Å². The second-order valence-corrected chi connectivity index (χ2v) is 9.83. The molecule has 0 spiro atoms. The van der Waals surface area contributed by atoms with Gasteiger partial charge in [-0.25, -0.2) is 13.1 Å². The number of benzene rings is 1. The summed E-state index contributed by atoms with van der Waals surface area (Å²) in [4.78, 5) is 0.984. The largest absolute Gasteiger partial charge is 0.378 e. The lowest BCUT2D eigenvalue weighted by Crippen LogP contribution is -2.41. The quantitative estimate of drug-likeness (QED) is 0.650. The summed E-state index contributed by atoms with van der Waals surface area (Å²) in [6.07, 6.45) is 0. The normalized spacial score (nSPS) is 14.3. The van der Waals surface area contributed by atoms with Crippen molar-refractivity contribution in [3.63, 3.8) is 0 Å². The molecular formula is C19H21NO3S3. The van der Waals surface area contributed by atoms with Gasteiger partial charge in [-0.05, 0) is 60.2 Å². The first-order valence-corrected chi connectivity index (χ1v) is 11.4. The van der Waals surface area contributed by atoms with Gasteiger partial charge in [-0.1, -0.05) is 23.8 Å². The van der Waals surface area contributed by atoms with Gasteiger partial charge < -0.3 is 5.11 Å². The highest BCUT2D eigenvalue weighted by Crippen LogP contribution is 2.34. The zero-order valence-electron chi connectivity index (χ0n) is 14.8. The lowest BCUT2D eigenvalue weighted by atomic mass is 9.95. The van der Waals surface area contributed by atoms with E-state index in [0.29, 0.717) is 21.6 Å². The standard InChI is InChI=1S/C19H21NO3S3/c1-13-9-14(2)18(15(3)10-13)26(22,23)20-12-19(21,16-6-8-24-11-16)17-5-4-7-25-17/h4-11,20-21H,12H2,1-3H3. The molecule has 0 aliphatic heterocycles. The van der Waals surface area contributed by atoms with Crippen molar-refractivity contribution in [2.75, 3.05) is 6.54 Å². The summed E-state index contributed by atoms with van der Waals surface area (Å²) in [5, 5.41) is 16.9. The van der Waals surface area contributed by atoms with Crippen LogP contribution in [-0.4, -0.2) is 20.1 Å². The minimum atomic E-state index is -3.76. The second-order valence-electron chi connectivity index (χ2n) is 6.40. The van der Waals surface area contributed by atoms with Gasteiger partial charge in [-0.3, -0.25) is 0 Å². The molecule has 0 bridgehead atoms. The third-order valence-electron chi connectivity index (χ3n) is 4.32. The number of hydrogen-bond acceptors (Lipinski definition) is 5. The second kappa shape index (κ2) is 7.25. The highest BCUT2D eigenvalue weighted by molar-refractivity contribution is 7.89. The molecule has 2 N–H and O–H groups in total. The van der Waals surface area contributed by atoms with E-state index in [0.717, 1.165) is 5.56 Å². The third kappa shape index (κ3) is 3.63. The van der Waals surface area contributed by atoms with E-state index in [9.17, 15) is 13.5 Å². The van der Waals surface area contributed by atoms with Crippen molar-refractivity contribution < 1.29 is 13.5 Å². The molecule has 7 heteroatoms. The van der Waals surface area contributed by atoms with Crippen molar-refractivity contribution in [3.8, 4) is 0 Å². The van der Waals surface area contributed by atoms with E-state index in [1.54, 1.807) is 13.8 Å². The average Bonchev–Trinajstić information content (AvgIpc) is 3.25. The lowest BCUT2D eigenvalue weighted by molar-refractivity contribution is 0.0903. The molecule has 0 amide bonds. The number of aryl methyl sites for hydroxylation is 3. The van der Waals surface area contributed by atoms with Crippen LogP contribution < -0.4 is 4.72 Å². The van der Waals surface area contributed by atoms with Crippen molar-refractivity contribution in [1.82, 2.24) is 4.72 Å². The molecule has 138 valence electrons. The molecular weight excluding hydrogens is 386 g/mol. The van der Waals surface area contributed by atoms with Crippen LogP contribution in [0, 0.1) is 20.8 Å². The number of nitrogens with one attached hydrogen (secondary N) is 1. The Labute approximate surface area is 162 Å². The SMILES string of the molecule is Cc1cc(C)c(S(=O)(=O)NCC(O)(c2ccsc2)c2cccs2)c(C)c1. The van der Waals surface area contributed by atoms with Crippen molar-refractivity contribution in [2.24, 2.45) is 0 Å². The van der Waals surface area contributed by atoms with E-state index in [1.165, 1.54) is 22.7 Å². The average molecular weight is 408 g/mol. The van der Waals surface area contributed by atoms with Gasteiger partial charge in [-0.2, -0.15) is 11.3 Å². The van der Waals surface area contributed by atoms with Gasteiger partial charge in [0, 0.05) is 17.0 Å². The Hall–Kier alpha value is -1.51. The van der Waals surface area contributed by atoms with Gasteiger partial charge >= 0.3 is 0 Å². The Bertz CT molecular complexity index is 934. The van der Waals surface area contributed by atoms with E-state index in [1.807, 2.05) is 53.4 Å². The highest BCUT2D eigenvalue weighted by Gasteiger charge is 2.35. The fourth-order valence-corrected chi connectivity index (χ4v) is 6.29. The fourth-order valence-electron chi connectivity index (χ4n) is 3.21. The topological polar surface area (TPSA) is 66.4 Å². The third-order valence-corrected chi connectivity index (χ3v) is 7.73. The highest BCUT2D eigenvalue weighted by atomic mass is 32.2. The number of aliphatic hydroxyl groups is 1. The van der Waals surface area contributed by atoms with Gasteiger partial charge in [0.2, 0.25) is 10.0 Å². The van der Waals surface area contributed by atoms with Crippen molar-refractivity contribution in [1.29, 1.82) is 0 Å². The van der Waals surface area contributed by atoms with Crippen LogP contribution in [0.3, 0.4) is 0 Å². The van der Waals surface area contributed by atoms with Crippen molar-refractivity contribution in [2.45, 2.75) is 31.3 Å². The zero-order chi connectivity index (χ0) is 18.9. The first-order chi connectivity index (χ1) is 12.2. The first kappa shape index (κ1) is 19.3. The summed E-state index contributed by atoms with van der Waals surface area (Å²) in [7, 11) is -3.76. The molecule has 0 aliphatic carbocycles. The van der Waals surface area contributed by atoms with Crippen LogP contribution in [0.15, 0.2) is 51.4 Å². The van der Waals surface area contributed by atoms with E-state index in [2.05, 4.69) is 4.72 Å². The van der Waals surface area contributed by atoms with Crippen LogP contribution in [0.4, 0.5) is 0 Å². The number of sulfonamides is 1. The predicted molar refractivity (Wildman–Crippen MR) is 107 cm³/mol. The molecule has 0 aliphatic rings. The lowest BCUT2D eigenvalue weighted by Gasteiger charge is -2.27. The molecule has 0 radical (unpaired) electrons. The number of hydrogen-bond donors (Lipinski definition) is 2. The predicted octanol–water partition coefficient (Wildman–Crippen LogP) is 3.95. The molecule has 1 unspecified atom stereocenters. The Morgan fingerprint density at radius 2 is 1.81 bits per heavy atom. The van der Waals surface area contributed by atoms with E-state index in [-0.39, 0.29) is 11.4 Å². The van der Waals surface area contributed by atoms with Crippen LogP contribution >= 0.6 is 22.7 Å². The summed E-state index contributed by atoms with van der Waals surface area (Å²) in [6, 6.07) is 9.19. The Morgan fingerprint density at radius 1 is 1.12 bits per heavy atom. The molecule has 0 saturated heterocycles. The van der Waals surface area contributed by atoms with Crippen LogP contribution in [0.25, 0.3) is 0 Å². The molecule has 3 aromatic rings. The van der Waals surface area contributed by atoms with Crippen LogP contribution in [0.5, 0.6) is 0 Å². The van der Waals surface area contributed by atoms with Gasteiger partial charge in [-0.15, -0.1) is 11.3 Å². The van der Waals surface area contributed by atoms with E-state index >= 15 is 0 Å². The number of rotatable bonds is 6. The van der Waals surface area contributed by atoms with Crippen molar-refractivity contribution in [3.05, 3.63) is 73.6 Å². The smallest absolute Gasteiger partial charge is 0.241 e. The molecule has 0 fully saturated rings. The minimum Gasteiger partial charge on any atom is -0.378 e. The summed E-state index contributed by atoms with van der Waals surface area (Å²) in [5.41, 5.74) is 1.71. The zero-order valence-corrected chi connectivity index (χ0v) is 17.3. The Kier molecular flexibility index (Phi) is 5.37. The number of thiophene rings is 2. The first-order valence-electron chi connectivity index (χ1n) is 8.10. The van der Waals surface area contributed by atoms with Crippen LogP contribution in [-0.2, 0) is 15.6 Å². The summed E-state index contributed by atoms with van der Waals surface area (Å²) < 4.78 is 28.5. The molecule has 26 heavy (non-hydrogen) atoms. The van der Waals surface area contributed by atoms with Gasteiger partial charge in [0.25, 0.3) is 0 Å². The molecule has 1 atom stereocenters. The van der Waals surface area contributed by atoms with E-state index in [4.69, 9.17) is 0 Å². The molecule has 0 saturated carbocycles. The Balaban J connectivity index is 1.95.